The number of H-pyrrole nitrogens is 1. The zero-order valence-corrected chi connectivity index (χ0v) is 14.6. The molecule has 2 aliphatic rings. The van der Waals surface area contributed by atoms with Crippen LogP contribution in [0.3, 0.4) is 0 Å². The highest BCUT2D eigenvalue weighted by Crippen LogP contribution is 2.28. The molecule has 132 valence electrons. The second kappa shape index (κ2) is 7.01. The Morgan fingerprint density at radius 1 is 1.28 bits per heavy atom. The minimum atomic E-state index is 0.0381. The number of piperazine rings is 1. The summed E-state index contributed by atoms with van der Waals surface area (Å²) in [6.07, 6.45) is 5.95. The Balaban J connectivity index is 1.44. The maximum absolute atomic E-state index is 12.9. The van der Waals surface area contributed by atoms with E-state index in [4.69, 9.17) is 16.3 Å². The van der Waals surface area contributed by atoms with Crippen molar-refractivity contribution >= 4 is 23.2 Å². The number of amides is 1. The van der Waals surface area contributed by atoms with E-state index in [1.165, 1.54) is 0 Å². The molecule has 1 atom stereocenters. The van der Waals surface area contributed by atoms with Crippen LogP contribution in [0.1, 0.15) is 28.4 Å². The van der Waals surface area contributed by atoms with E-state index in [1.54, 1.807) is 18.6 Å². The summed E-state index contributed by atoms with van der Waals surface area (Å²) in [4.78, 5) is 21.0. The maximum Gasteiger partial charge on any atom is 0.257 e. The van der Waals surface area contributed by atoms with Gasteiger partial charge in [-0.05, 0) is 12.5 Å². The predicted octanol–water partition coefficient (Wildman–Crippen LogP) is 1.92. The highest BCUT2D eigenvalue weighted by Gasteiger charge is 2.29. The van der Waals surface area contributed by atoms with Crippen molar-refractivity contribution in [3.8, 4) is 0 Å². The number of halogens is 1. The third-order valence-electron chi connectivity index (χ3n) is 4.90. The summed E-state index contributed by atoms with van der Waals surface area (Å²) >= 11 is 6.22. The normalized spacial score (nSPS) is 20.9. The van der Waals surface area contributed by atoms with Crippen molar-refractivity contribution in [1.82, 2.24) is 20.1 Å². The minimum absolute atomic E-state index is 0.0381. The van der Waals surface area contributed by atoms with Crippen LogP contribution in [0.4, 0.5) is 5.69 Å². The summed E-state index contributed by atoms with van der Waals surface area (Å²) in [5.74, 6) is 0.273. The van der Waals surface area contributed by atoms with Gasteiger partial charge in [0.2, 0.25) is 0 Å². The first-order chi connectivity index (χ1) is 12.2. The van der Waals surface area contributed by atoms with Crippen LogP contribution >= 0.6 is 11.6 Å². The third kappa shape index (κ3) is 3.21. The number of hydrogen-bond donors (Lipinski definition) is 1. The van der Waals surface area contributed by atoms with Crippen molar-refractivity contribution in [1.29, 1.82) is 0 Å². The number of carbonyl (C=O) groups excluding carboxylic acids is 1. The molecule has 0 aliphatic carbocycles. The first-order valence-electron chi connectivity index (χ1n) is 8.49. The number of anilines is 1. The zero-order chi connectivity index (χ0) is 17.2. The van der Waals surface area contributed by atoms with E-state index >= 15 is 0 Å². The molecule has 4 rings (SSSR count). The van der Waals surface area contributed by atoms with Gasteiger partial charge in [0, 0.05) is 51.1 Å². The molecular formula is C17H20ClN5O2. The maximum atomic E-state index is 12.9. The van der Waals surface area contributed by atoms with Crippen LogP contribution < -0.4 is 4.90 Å². The number of ether oxygens (including phenoxy) is 1. The molecule has 2 aromatic rings. The first kappa shape index (κ1) is 16.4. The number of carbonyl (C=O) groups is 1. The van der Waals surface area contributed by atoms with Crippen LogP contribution in [0.2, 0.25) is 5.02 Å². The Labute approximate surface area is 150 Å². The third-order valence-corrected chi connectivity index (χ3v) is 5.19. The van der Waals surface area contributed by atoms with E-state index in [2.05, 4.69) is 20.1 Å². The summed E-state index contributed by atoms with van der Waals surface area (Å²) in [6, 6.07) is 1.91. The van der Waals surface area contributed by atoms with E-state index in [-0.39, 0.29) is 11.8 Å². The number of aromatic amines is 1. The first-order valence-corrected chi connectivity index (χ1v) is 8.86. The summed E-state index contributed by atoms with van der Waals surface area (Å²) in [5.41, 5.74) is 2.55. The molecule has 0 spiro atoms. The Morgan fingerprint density at radius 2 is 2.12 bits per heavy atom. The molecule has 0 unspecified atom stereocenters. The average Bonchev–Trinajstić information content (AvgIpc) is 3.33. The quantitative estimate of drug-likeness (QED) is 0.904. The molecule has 0 aromatic carbocycles. The lowest BCUT2D eigenvalue weighted by molar-refractivity contribution is 0.0745. The number of hydrogen-bond acceptors (Lipinski definition) is 5. The largest absolute Gasteiger partial charge is 0.381 e. The van der Waals surface area contributed by atoms with Gasteiger partial charge in [-0.2, -0.15) is 5.10 Å². The highest BCUT2D eigenvalue weighted by molar-refractivity contribution is 6.33. The van der Waals surface area contributed by atoms with Gasteiger partial charge in [0.1, 0.15) is 0 Å². The predicted molar refractivity (Wildman–Crippen MR) is 94.1 cm³/mol. The SMILES string of the molecule is O=C(c1cn[nH]c1[C@@H]1CCOC1)N1CCN(c2ccncc2Cl)CC1. The van der Waals surface area contributed by atoms with Gasteiger partial charge in [-0.3, -0.25) is 14.9 Å². The second-order valence-corrected chi connectivity index (χ2v) is 6.77. The molecule has 0 radical (unpaired) electrons. The molecule has 1 N–H and O–H groups in total. The van der Waals surface area contributed by atoms with E-state index < -0.39 is 0 Å². The molecule has 4 heterocycles. The minimum Gasteiger partial charge on any atom is -0.381 e. The van der Waals surface area contributed by atoms with Gasteiger partial charge < -0.3 is 14.5 Å². The van der Waals surface area contributed by atoms with Crippen LogP contribution in [0, 0.1) is 0 Å². The van der Waals surface area contributed by atoms with Crippen molar-refractivity contribution in [2.45, 2.75) is 12.3 Å². The van der Waals surface area contributed by atoms with Crippen LogP contribution in [0.15, 0.2) is 24.7 Å². The van der Waals surface area contributed by atoms with Crippen LogP contribution in [0.25, 0.3) is 0 Å². The van der Waals surface area contributed by atoms with Crippen molar-refractivity contribution < 1.29 is 9.53 Å². The fourth-order valence-corrected chi connectivity index (χ4v) is 3.72. The number of pyridine rings is 1. The lowest BCUT2D eigenvalue weighted by Crippen LogP contribution is -2.49. The molecular weight excluding hydrogens is 342 g/mol. The second-order valence-electron chi connectivity index (χ2n) is 6.36. The molecule has 2 saturated heterocycles. The molecule has 1 amide bonds. The molecule has 0 bridgehead atoms. The van der Waals surface area contributed by atoms with Crippen molar-refractivity contribution in [3.05, 3.63) is 40.9 Å². The zero-order valence-electron chi connectivity index (χ0n) is 13.8. The van der Waals surface area contributed by atoms with Gasteiger partial charge in [0.05, 0.1) is 34.8 Å². The van der Waals surface area contributed by atoms with E-state index in [1.807, 2.05) is 11.0 Å². The number of nitrogens with one attached hydrogen (secondary N) is 1. The summed E-state index contributed by atoms with van der Waals surface area (Å²) in [5, 5.41) is 7.73. The Bertz CT molecular complexity index is 751. The Morgan fingerprint density at radius 3 is 2.84 bits per heavy atom. The Kier molecular flexibility index (Phi) is 4.59. The molecule has 8 heteroatoms. The van der Waals surface area contributed by atoms with Crippen LogP contribution in [0.5, 0.6) is 0 Å². The van der Waals surface area contributed by atoms with E-state index in [9.17, 15) is 4.79 Å². The molecule has 2 aromatic heterocycles. The topological polar surface area (TPSA) is 74.4 Å². The summed E-state index contributed by atoms with van der Waals surface area (Å²) in [7, 11) is 0. The van der Waals surface area contributed by atoms with Gasteiger partial charge >= 0.3 is 0 Å². The van der Waals surface area contributed by atoms with Gasteiger partial charge in [-0.15, -0.1) is 0 Å². The van der Waals surface area contributed by atoms with E-state index in [0.29, 0.717) is 30.3 Å². The summed E-state index contributed by atoms with van der Waals surface area (Å²) < 4.78 is 5.44. The van der Waals surface area contributed by atoms with Gasteiger partial charge in [-0.1, -0.05) is 11.6 Å². The lowest BCUT2D eigenvalue weighted by atomic mass is 10.0. The van der Waals surface area contributed by atoms with E-state index in [0.717, 1.165) is 37.5 Å². The van der Waals surface area contributed by atoms with Gasteiger partial charge in [-0.25, -0.2) is 0 Å². The monoisotopic (exact) mass is 361 g/mol. The van der Waals surface area contributed by atoms with Crippen molar-refractivity contribution in [2.24, 2.45) is 0 Å². The van der Waals surface area contributed by atoms with Crippen LogP contribution in [-0.2, 0) is 4.74 Å². The fraction of sp³-hybridized carbons (Fsp3) is 0.471. The van der Waals surface area contributed by atoms with Crippen molar-refractivity contribution in [3.63, 3.8) is 0 Å². The molecule has 25 heavy (non-hydrogen) atoms. The standard InChI is InChI=1S/C17H20ClN5O2/c18-14-10-19-3-1-15(14)22-4-6-23(7-5-22)17(24)13-9-20-21-16(13)12-2-8-25-11-12/h1,3,9-10,12H,2,4-8,11H2,(H,20,21)/t12-/m1/s1. The Hall–Kier alpha value is -2.12. The summed E-state index contributed by atoms with van der Waals surface area (Å²) in [6.45, 7) is 4.19. The number of rotatable bonds is 3. The average molecular weight is 362 g/mol. The molecule has 0 saturated carbocycles. The fourth-order valence-electron chi connectivity index (χ4n) is 3.49. The smallest absolute Gasteiger partial charge is 0.257 e. The van der Waals surface area contributed by atoms with Crippen LogP contribution in [-0.4, -0.2) is 65.4 Å². The number of nitrogens with zero attached hydrogens (tertiary/aromatic N) is 4. The van der Waals surface area contributed by atoms with Gasteiger partial charge in [0.15, 0.2) is 0 Å². The lowest BCUT2D eigenvalue weighted by Gasteiger charge is -2.36. The molecule has 7 nitrogen and oxygen atoms in total. The van der Waals surface area contributed by atoms with Gasteiger partial charge in [0.25, 0.3) is 5.91 Å². The highest BCUT2D eigenvalue weighted by atomic mass is 35.5. The van der Waals surface area contributed by atoms with Crippen molar-refractivity contribution in [2.75, 3.05) is 44.3 Å². The number of aromatic nitrogens is 3. The molecule has 2 aliphatic heterocycles. The molecule has 2 fully saturated rings.